The maximum atomic E-state index is 12.0. The van der Waals surface area contributed by atoms with Crippen molar-refractivity contribution in [3.05, 3.63) is 30.3 Å². The standard InChI is InChI=1S/C18H22N4O2/c1-3-4-10-22-18-14(12-13-7-5-6-8-15(13)19-18)17(21-22)20-16(23)9-11-24-2/h5-8,12H,3-4,9-11H2,1-2H3,(H,20,21,23). The molecule has 2 heterocycles. The first kappa shape index (κ1) is 16.4. The molecule has 0 aliphatic carbocycles. The van der Waals surface area contributed by atoms with Gasteiger partial charge in [0.1, 0.15) is 0 Å². The van der Waals surface area contributed by atoms with Crippen LogP contribution in [0.5, 0.6) is 0 Å². The highest BCUT2D eigenvalue weighted by atomic mass is 16.5. The van der Waals surface area contributed by atoms with E-state index in [4.69, 9.17) is 9.72 Å². The van der Waals surface area contributed by atoms with E-state index < -0.39 is 0 Å². The fraction of sp³-hybridized carbons (Fsp3) is 0.389. The average molecular weight is 326 g/mol. The highest BCUT2D eigenvalue weighted by molar-refractivity contribution is 6.02. The Morgan fingerprint density at radius 2 is 2.17 bits per heavy atom. The molecule has 0 aliphatic rings. The Morgan fingerprint density at radius 3 is 2.96 bits per heavy atom. The number of ether oxygens (including phenoxy) is 1. The van der Waals surface area contributed by atoms with Crippen LogP contribution in [0.1, 0.15) is 26.2 Å². The summed E-state index contributed by atoms with van der Waals surface area (Å²) in [7, 11) is 1.58. The molecule has 0 aliphatic heterocycles. The van der Waals surface area contributed by atoms with Gasteiger partial charge in [-0.3, -0.25) is 4.79 Å². The Bertz CT molecular complexity index is 857. The number of benzene rings is 1. The van der Waals surface area contributed by atoms with Crippen LogP contribution >= 0.6 is 0 Å². The minimum atomic E-state index is -0.105. The van der Waals surface area contributed by atoms with Crippen LogP contribution in [0.3, 0.4) is 0 Å². The molecule has 1 aromatic carbocycles. The van der Waals surface area contributed by atoms with Crippen molar-refractivity contribution < 1.29 is 9.53 Å². The van der Waals surface area contributed by atoms with Crippen LogP contribution in [0.25, 0.3) is 21.9 Å². The summed E-state index contributed by atoms with van der Waals surface area (Å²) in [5, 5.41) is 9.38. The van der Waals surface area contributed by atoms with Crippen molar-refractivity contribution in [2.45, 2.75) is 32.7 Å². The third-order valence-electron chi connectivity index (χ3n) is 3.94. The molecular formula is C18H22N4O2. The van der Waals surface area contributed by atoms with E-state index in [1.165, 1.54) is 0 Å². The van der Waals surface area contributed by atoms with Gasteiger partial charge in [-0.05, 0) is 18.6 Å². The molecule has 0 saturated heterocycles. The fourth-order valence-corrected chi connectivity index (χ4v) is 2.64. The van der Waals surface area contributed by atoms with Gasteiger partial charge in [-0.2, -0.15) is 5.10 Å². The van der Waals surface area contributed by atoms with Crippen LogP contribution < -0.4 is 5.32 Å². The highest BCUT2D eigenvalue weighted by Gasteiger charge is 2.15. The lowest BCUT2D eigenvalue weighted by Gasteiger charge is -2.02. The number of carbonyl (C=O) groups excluding carboxylic acids is 1. The Balaban J connectivity index is 2.03. The molecule has 0 unspecified atom stereocenters. The Kier molecular flexibility index (Phi) is 5.05. The van der Waals surface area contributed by atoms with E-state index in [1.54, 1.807) is 7.11 Å². The molecule has 6 nitrogen and oxygen atoms in total. The van der Waals surface area contributed by atoms with Crippen LogP contribution in [0, 0.1) is 0 Å². The van der Waals surface area contributed by atoms with Crippen LogP contribution in [0.15, 0.2) is 30.3 Å². The third-order valence-corrected chi connectivity index (χ3v) is 3.94. The number of rotatable bonds is 7. The Morgan fingerprint density at radius 1 is 1.33 bits per heavy atom. The van der Waals surface area contributed by atoms with Gasteiger partial charge in [0, 0.05) is 19.0 Å². The van der Waals surface area contributed by atoms with Gasteiger partial charge in [-0.25, -0.2) is 9.67 Å². The van der Waals surface area contributed by atoms with Crippen LogP contribution in [-0.2, 0) is 16.1 Å². The van der Waals surface area contributed by atoms with E-state index in [0.29, 0.717) is 18.8 Å². The predicted octanol–water partition coefficient (Wildman–Crippen LogP) is 3.36. The van der Waals surface area contributed by atoms with Crippen LogP contribution in [0.4, 0.5) is 5.82 Å². The molecule has 1 N–H and O–H groups in total. The van der Waals surface area contributed by atoms with Crippen molar-refractivity contribution in [2.75, 3.05) is 19.0 Å². The Labute approximate surface area is 140 Å². The number of aryl methyl sites for hydroxylation is 1. The molecule has 126 valence electrons. The second-order valence-corrected chi connectivity index (χ2v) is 5.77. The average Bonchev–Trinajstić information content (AvgIpc) is 2.93. The second-order valence-electron chi connectivity index (χ2n) is 5.77. The summed E-state index contributed by atoms with van der Waals surface area (Å²) in [5.74, 6) is 0.465. The number of unbranched alkanes of at least 4 members (excludes halogenated alkanes) is 1. The number of pyridine rings is 1. The molecule has 0 bridgehead atoms. The predicted molar refractivity (Wildman–Crippen MR) is 95.1 cm³/mol. The van der Waals surface area contributed by atoms with Gasteiger partial charge in [-0.15, -0.1) is 0 Å². The first-order valence-electron chi connectivity index (χ1n) is 8.28. The van der Waals surface area contributed by atoms with E-state index in [1.807, 2.05) is 35.0 Å². The largest absolute Gasteiger partial charge is 0.384 e. The third kappa shape index (κ3) is 3.38. The fourth-order valence-electron chi connectivity index (χ4n) is 2.64. The van der Waals surface area contributed by atoms with Crippen molar-refractivity contribution in [3.63, 3.8) is 0 Å². The van der Waals surface area contributed by atoms with Gasteiger partial charge in [0.2, 0.25) is 5.91 Å². The lowest BCUT2D eigenvalue weighted by Crippen LogP contribution is -2.14. The molecule has 0 atom stereocenters. The van der Waals surface area contributed by atoms with Gasteiger partial charge in [-0.1, -0.05) is 31.5 Å². The van der Waals surface area contributed by atoms with E-state index >= 15 is 0 Å². The van der Waals surface area contributed by atoms with E-state index in [-0.39, 0.29) is 5.91 Å². The molecule has 0 radical (unpaired) electrons. The van der Waals surface area contributed by atoms with Crippen molar-refractivity contribution in [3.8, 4) is 0 Å². The first-order valence-corrected chi connectivity index (χ1v) is 8.28. The summed E-state index contributed by atoms with van der Waals surface area (Å²) in [6, 6.07) is 10.00. The summed E-state index contributed by atoms with van der Waals surface area (Å²) in [6.45, 7) is 3.32. The number of carbonyl (C=O) groups is 1. The number of nitrogens with one attached hydrogen (secondary N) is 1. The van der Waals surface area contributed by atoms with Crippen LogP contribution in [0.2, 0.25) is 0 Å². The minimum Gasteiger partial charge on any atom is -0.384 e. The molecule has 0 fully saturated rings. The minimum absolute atomic E-state index is 0.105. The number of methoxy groups -OCH3 is 1. The number of hydrogen-bond donors (Lipinski definition) is 1. The SMILES string of the molecule is CCCCn1nc(NC(=O)CCOC)c2cc3ccccc3nc21. The number of nitrogens with zero attached hydrogens (tertiary/aromatic N) is 3. The number of aromatic nitrogens is 3. The van der Waals surface area contributed by atoms with Gasteiger partial charge < -0.3 is 10.1 Å². The number of para-hydroxylation sites is 1. The lowest BCUT2D eigenvalue weighted by atomic mass is 10.2. The second kappa shape index (κ2) is 7.40. The molecule has 6 heteroatoms. The number of fused-ring (bicyclic) bond motifs is 2. The van der Waals surface area contributed by atoms with Crippen LogP contribution in [-0.4, -0.2) is 34.4 Å². The summed E-state index contributed by atoms with van der Waals surface area (Å²) >= 11 is 0. The molecule has 3 aromatic rings. The topological polar surface area (TPSA) is 69.0 Å². The quantitative estimate of drug-likeness (QED) is 0.723. The summed E-state index contributed by atoms with van der Waals surface area (Å²) in [5.41, 5.74) is 1.74. The number of hydrogen-bond acceptors (Lipinski definition) is 4. The Hall–Kier alpha value is -2.47. The van der Waals surface area contributed by atoms with Gasteiger partial charge in [0.25, 0.3) is 0 Å². The maximum Gasteiger partial charge on any atom is 0.227 e. The summed E-state index contributed by atoms with van der Waals surface area (Å²) in [4.78, 5) is 16.8. The summed E-state index contributed by atoms with van der Waals surface area (Å²) < 4.78 is 6.84. The molecule has 1 amide bonds. The lowest BCUT2D eigenvalue weighted by molar-refractivity contribution is -0.117. The van der Waals surface area contributed by atoms with Crippen molar-refractivity contribution in [1.29, 1.82) is 0 Å². The monoisotopic (exact) mass is 326 g/mol. The molecule has 24 heavy (non-hydrogen) atoms. The number of amides is 1. The zero-order valence-corrected chi connectivity index (χ0v) is 14.1. The van der Waals surface area contributed by atoms with E-state index in [2.05, 4.69) is 17.3 Å². The smallest absolute Gasteiger partial charge is 0.227 e. The molecule has 2 aromatic heterocycles. The maximum absolute atomic E-state index is 12.0. The summed E-state index contributed by atoms with van der Waals surface area (Å²) in [6.07, 6.45) is 2.40. The zero-order chi connectivity index (χ0) is 16.9. The number of anilines is 1. The van der Waals surface area contributed by atoms with Gasteiger partial charge in [0.05, 0.1) is 23.9 Å². The molecule has 3 rings (SSSR count). The highest BCUT2D eigenvalue weighted by Crippen LogP contribution is 2.26. The first-order chi connectivity index (χ1) is 11.7. The van der Waals surface area contributed by atoms with E-state index in [9.17, 15) is 4.79 Å². The molecular weight excluding hydrogens is 304 g/mol. The van der Waals surface area contributed by atoms with Gasteiger partial charge in [0.15, 0.2) is 11.5 Å². The van der Waals surface area contributed by atoms with Crippen molar-refractivity contribution in [1.82, 2.24) is 14.8 Å². The zero-order valence-electron chi connectivity index (χ0n) is 14.1. The molecule has 0 spiro atoms. The van der Waals surface area contributed by atoms with E-state index in [0.717, 1.165) is 41.3 Å². The normalized spacial score (nSPS) is 11.2. The van der Waals surface area contributed by atoms with Gasteiger partial charge >= 0.3 is 0 Å². The van der Waals surface area contributed by atoms with Crippen molar-refractivity contribution in [2.24, 2.45) is 0 Å². The molecule has 0 saturated carbocycles. The van der Waals surface area contributed by atoms with Crippen molar-refractivity contribution >= 4 is 33.7 Å².